The highest BCUT2D eigenvalue weighted by atomic mass is 35.5. The van der Waals surface area contributed by atoms with Gasteiger partial charge in [-0.2, -0.15) is 0 Å². The maximum atomic E-state index is 7.06. The second-order valence-electron chi connectivity index (χ2n) is 1.82. The zero-order valence-corrected chi connectivity index (χ0v) is 5.94. The van der Waals surface area contributed by atoms with Gasteiger partial charge in [0.05, 0.1) is 5.02 Å². The van der Waals surface area contributed by atoms with Crippen LogP contribution in [0.5, 0.6) is 0 Å². The third-order valence-corrected chi connectivity index (χ3v) is 1.42. The van der Waals surface area contributed by atoms with Gasteiger partial charge in [0.25, 0.3) is 0 Å². The molecular formula is C7H6ClN2. The summed E-state index contributed by atoms with van der Waals surface area (Å²) in [5, 5.41) is 7.52. The maximum Gasteiger partial charge on any atom is 0.124 e. The van der Waals surface area contributed by atoms with Gasteiger partial charge in [0.15, 0.2) is 0 Å². The summed E-state index contributed by atoms with van der Waals surface area (Å²) in [6, 6.07) is 7.68. The van der Waals surface area contributed by atoms with E-state index in [4.69, 9.17) is 22.7 Å². The minimum atomic E-state index is -0.0148. The van der Waals surface area contributed by atoms with Gasteiger partial charge in [-0.15, -0.1) is 0 Å². The Labute approximate surface area is 64.1 Å². The van der Waals surface area contributed by atoms with Gasteiger partial charge in [-0.3, -0.25) is 5.41 Å². The molecule has 3 N–H and O–H groups in total. The van der Waals surface area contributed by atoms with E-state index in [2.05, 4.69) is 6.07 Å². The van der Waals surface area contributed by atoms with E-state index in [1.807, 2.05) is 0 Å². The van der Waals surface area contributed by atoms with Crippen molar-refractivity contribution in [1.82, 2.24) is 0 Å². The van der Waals surface area contributed by atoms with Crippen molar-refractivity contribution in [3.63, 3.8) is 0 Å². The Morgan fingerprint density at radius 2 is 2.40 bits per heavy atom. The second kappa shape index (κ2) is 2.71. The molecule has 0 heterocycles. The average Bonchev–Trinajstić information content (AvgIpc) is 1.88. The molecule has 0 fully saturated rings. The minimum Gasteiger partial charge on any atom is -0.384 e. The minimum absolute atomic E-state index is 0.0148. The molecule has 51 valence electrons. The van der Waals surface area contributed by atoms with E-state index in [0.29, 0.717) is 10.6 Å². The molecule has 1 aromatic rings. The Morgan fingerprint density at radius 1 is 1.70 bits per heavy atom. The zero-order chi connectivity index (χ0) is 7.56. The molecule has 0 amide bonds. The third-order valence-electron chi connectivity index (χ3n) is 1.10. The van der Waals surface area contributed by atoms with E-state index in [-0.39, 0.29) is 5.84 Å². The van der Waals surface area contributed by atoms with E-state index in [1.165, 1.54) is 0 Å². The second-order valence-corrected chi connectivity index (χ2v) is 2.23. The number of nitrogens with one attached hydrogen (secondary N) is 1. The molecule has 0 aromatic heterocycles. The number of benzene rings is 1. The number of amidine groups is 1. The summed E-state index contributed by atoms with van der Waals surface area (Å²) in [6.45, 7) is 0. The first kappa shape index (κ1) is 7.09. The van der Waals surface area contributed by atoms with Gasteiger partial charge in [0.1, 0.15) is 5.84 Å². The van der Waals surface area contributed by atoms with Crippen molar-refractivity contribution in [1.29, 1.82) is 5.41 Å². The monoisotopic (exact) mass is 153 g/mol. The Hall–Kier alpha value is -1.02. The van der Waals surface area contributed by atoms with Gasteiger partial charge in [0.2, 0.25) is 0 Å². The zero-order valence-electron chi connectivity index (χ0n) is 5.19. The van der Waals surface area contributed by atoms with Gasteiger partial charge in [-0.05, 0) is 18.2 Å². The molecule has 0 aliphatic carbocycles. The summed E-state index contributed by atoms with van der Waals surface area (Å²) in [4.78, 5) is 0. The predicted octanol–water partition coefficient (Wildman–Crippen LogP) is 1.42. The number of rotatable bonds is 1. The smallest absolute Gasteiger partial charge is 0.124 e. The number of nitrogen functional groups attached to an aromatic ring is 1. The van der Waals surface area contributed by atoms with Crippen LogP contribution >= 0.6 is 11.6 Å². The summed E-state index contributed by atoms with van der Waals surface area (Å²) in [5.74, 6) is -0.0148. The highest BCUT2D eigenvalue weighted by molar-refractivity contribution is 6.33. The van der Waals surface area contributed by atoms with Gasteiger partial charge in [0, 0.05) is 5.56 Å². The fourth-order valence-electron chi connectivity index (χ4n) is 0.629. The van der Waals surface area contributed by atoms with Crippen LogP contribution in [0.25, 0.3) is 0 Å². The number of hydrogen-bond acceptors (Lipinski definition) is 1. The van der Waals surface area contributed by atoms with Crippen molar-refractivity contribution in [3.8, 4) is 0 Å². The van der Waals surface area contributed by atoms with Crippen LogP contribution in [0.1, 0.15) is 5.56 Å². The Kier molecular flexibility index (Phi) is 1.92. The van der Waals surface area contributed by atoms with Gasteiger partial charge in [-0.25, -0.2) is 0 Å². The maximum absolute atomic E-state index is 7.06. The van der Waals surface area contributed by atoms with Crippen LogP contribution in [0.3, 0.4) is 0 Å². The highest BCUT2D eigenvalue weighted by Gasteiger charge is 1.99. The first-order chi connectivity index (χ1) is 4.72. The molecule has 0 unspecified atom stereocenters. The topological polar surface area (TPSA) is 49.9 Å². The predicted molar refractivity (Wildman–Crippen MR) is 41.3 cm³/mol. The average molecular weight is 154 g/mol. The normalized spacial score (nSPS) is 9.30. The van der Waals surface area contributed by atoms with E-state index in [9.17, 15) is 0 Å². The largest absolute Gasteiger partial charge is 0.384 e. The molecule has 1 aromatic carbocycles. The molecule has 0 aliphatic heterocycles. The molecule has 0 atom stereocenters. The number of hydrogen-bond donors (Lipinski definition) is 2. The summed E-state index contributed by atoms with van der Waals surface area (Å²) >= 11 is 5.67. The van der Waals surface area contributed by atoms with Crippen LogP contribution in [0.4, 0.5) is 0 Å². The SMILES string of the molecule is N=C(N)c1cc[c]cc1Cl. The number of nitrogens with two attached hydrogens (primary N) is 1. The molecule has 0 spiro atoms. The van der Waals surface area contributed by atoms with E-state index in [1.54, 1.807) is 18.2 Å². The van der Waals surface area contributed by atoms with Crippen LogP contribution in [0.15, 0.2) is 18.2 Å². The molecule has 0 saturated heterocycles. The van der Waals surface area contributed by atoms with Gasteiger partial charge < -0.3 is 5.73 Å². The number of halogens is 1. The lowest BCUT2D eigenvalue weighted by Gasteiger charge is -1.97. The quantitative estimate of drug-likeness (QED) is 0.465. The van der Waals surface area contributed by atoms with Gasteiger partial charge >= 0.3 is 0 Å². The highest BCUT2D eigenvalue weighted by Crippen LogP contribution is 2.12. The fraction of sp³-hybridized carbons (Fsp3) is 0. The first-order valence-corrected chi connectivity index (χ1v) is 3.09. The summed E-state index contributed by atoms with van der Waals surface area (Å²) in [6.07, 6.45) is 0. The molecule has 1 radical (unpaired) electrons. The molecule has 10 heavy (non-hydrogen) atoms. The van der Waals surface area contributed by atoms with E-state index < -0.39 is 0 Å². The van der Waals surface area contributed by atoms with Crippen molar-refractivity contribution < 1.29 is 0 Å². The molecule has 2 nitrogen and oxygen atoms in total. The van der Waals surface area contributed by atoms with Crippen LogP contribution in [-0.2, 0) is 0 Å². The summed E-state index contributed by atoms with van der Waals surface area (Å²) in [7, 11) is 0. The Bertz CT molecular complexity index is 258. The van der Waals surface area contributed by atoms with Crippen LogP contribution in [0.2, 0.25) is 5.02 Å². The summed E-state index contributed by atoms with van der Waals surface area (Å²) in [5.41, 5.74) is 5.76. The molecule has 1 rings (SSSR count). The molecular weight excluding hydrogens is 148 g/mol. The first-order valence-electron chi connectivity index (χ1n) is 2.72. The summed E-state index contributed by atoms with van der Waals surface area (Å²) < 4.78 is 0. The lowest BCUT2D eigenvalue weighted by atomic mass is 10.2. The molecule has 0 bridgehead atoms. The van der Waals surface area contributed by atoms with E-state index in [0.717, 1.165) is 0 Å². The van der Waals surface area contributed by atoms with Crippen molar-refractivity contribution >= 4 is 17.4 Å². The van der Waals surface area contributed by atoms with Crippen LogP contribution < -0.4 is 5.73 Å². The lowest BCUT2D eigenvalue weighted by molar-refractivity contribution is 1.42. The molecule has 0 aliphatic rings. The third kappa shape index (κ3) is 1.28. The van der Waals surface area contributed by atoms with Crippen molar-refractivity contribution in [2.45, 2.75) is 0 Å². The molecule has 3 heteroatoms. The molecule has 0 saturated carbocycles. The van der Waals surface area contributed by atoms with Crippen LogP contribution in [0, 0.1) is 11.5 Å². The van der Waals surface area contributed by atoms with Crippen LogP contribution in [-0.4, -0.2) is 5.84 Å². The fourth-order valence-corrected chi connectivity index (χ4v) is 0.856. The standard InChI is InChI=1S/C7H6ClN2/c8-6-4-2-1-3-5(6)7(9)10/h1,3-4H,(H3,9,10). The van der Waals surface area contributed by atoms with Crippen molar-refractivity contribution in [2.24, 2.45) is 5.73 Å². The van der Waals surface area contributed by atoms with Crippen molar-refractivity contribution in [3.05, 3.63) is 34.9 Å². The lowest BCUT2D eigenvalue weighted by Crippen LogP contribution is -2.11. The van der Waals surface area contributed by atoms with E-state index >= 15 is 0 Å². The van der Waals surface area contributed by atoms with Gasteiger partial charge in [-0.1, -0.05) is 17.7 Å². The Balaban J connectivity index is 3.15. The Morgan fingerprint density at radius 3 is 2.80 bits per heavy atom. The van der Waals surface area contributed by atoms with Crippen molar-refractivity contribution in [2.75, 3.05) is 0 Å².